The maximum atomic E-state index is 13.1. The summed E-state index contributed by atoms with van der Waals surface area (Å²) >= 11 is 0. The molecule has 1 aliphatic heterocycles. The number of ether oxygens (including phenoxy) is 2. The highest BCUT2D eigenvalue weighted by atomic mass is 16.6. The molecule has 1 aliphatic rings. The van der Waals surface area contributed by atoms with Crippen LogP contribution in [0.25, 0.3) is 11.0 Å². The fraction of sp³-hybridized carbons (Fsp3) is 0.429. The van der Waals surface area contributed by atoms with E-state index in [0.29, 0.717) is 23.4 Å². The van der Waals surface area contributed by atoms with Crippen LogP contribution in [-0.2, 0) is 24.4 Å². The fourth-order valence-electron chi connectivity index (χ4n) is 4.61. The monoisotopic (exact) mass is 523 g/mol. The molecule has 202 valence electrons. The van der Waals surface area contributed by atoms with Crippen LogP contribution >= 0.6 is 0 Å². The number of carbonyl (C=O) groups excluding carboxylic acids is 3. The van der Waals surface area contributed by atoms with Gasteiger partial charge in [-0.25, -0.2) is 13.9 Å². The maximum Gasteiger partial charge on any atom is 0.407 e. The molecule has 0 saturated heterocycles. The van der Waals surface area contributed by atoms with Crippen LogP contribution in [0, 0.1) is 0 Å². The fourth-order valence-corrected chi connectivity index (χ4v) is 4.61. The van der Waals surface area contributed by atoms with Gasteiger partial charge < -0.3 is 19.9 Å². The van der Waals surface area contributed by atoms with E-state index in [2.05, 4.69) is 5.32 Å². The molecule has 3 amide bonds. The topological polar surface area (TPSA) is 114 Å². The van der Waals surface area contributed by atoms with Crippen LogP contribution in [0.5, 0.6) is 5.75 Å². The van der Waals surface area contributed by atoms with E-state index in [1.165, 1.54) is 4.90 Å². The number of aliphatic hydroxyl groups is 1. The SMILES string of the molecule is CC[n+]1c(CN2C(=O)c3ccccc3C2=O)n(C[C@H](C)O)c2cc(OCCNC(=O)OC(C)(C)C)ccc21. The number of carbonyl (C=O) groups is 3. The standard InChI is InChI=1S/C28H34N4O6/c1-6-30-22-12-11-19(37-14-13-29-27(36)38-28(3,4)5)15-23(22)31(16-18(2)33)24(30)17-32-25(34)20-9-7-8-10-21(20)26(32)35/h7-12,15,18,33H,6,13-14,16-17H2,1-5H3/p+1/t18-/m0/s1. The van der Waals surface area contributed by atoms with Crippen molar-refractivity contribution < 1.29 is 33.5 Å². The predicted molar refractivity (Wildman–Crippen MR) is 140 cm³/mol. The minimum atomic E-state index is -0.667. The Morgan fingerprint density at radius 3 is 2.34 bits per heavy atom. The molecule has 0 unspecified atom stereocenters. The van der Waals surface area contributed by atoms with Gasteiger partial charge in [0.25, 0.3) is 17.6 Å². The Kier molecular flexibility index (Phi) is 7.73. The predicted octanol–water partition coefficient (Wildman–Crippen LogP) is 3.03. The molecule has 0 saturated carbocycles. The lowest BCUT2D eigenvalue weighted by Crippen LogP contribution is -2.42. The van der Waals surface area contributed by atoms with Gasteiger partial charge in [0.05, 0.1) is 30.3 Å². The van der Waals surface area contributed by atoms with Gasteiger partial charge in [-0.05, 0) is 58.9 Å². The van der Waals surface area contributed by atoms with Crippen molar-refractivity contribution in [2.24, 2.45) is 0 Å². The minimum Gasteiger partial charge on any atom is -0.492 e. The van der Waals surface area contributed by atoms with Crippen LogP contribution in [0.1, 0.15) is 61.2 Å². The number of imidazole rings is 1. The number of amides is 3. The number of fused-ring (bicyclic) bond motifs is 2. The zero-order valence-electron chi connectivity index (χ0n) is 22.5. The van der Waals surface area contributed by atoms with Crippen LogP contribution in [0.15, 0.2) is 42.5 Å². The first-order valence-corrected chi connectivity index (χ1v) is 12.8. The van der Waals surface area contributed by atoms with Crippen LogP contribution in [-0.4, -0.2) is 57.3 Å². The zero-order chi connectivity index (χ0) is 27.6. The van der Waals surface area contributed by atoms with Gasteiger partial charge in [-0.15, -0.1) is 0 Å². The first-order valence-electron chi connectivity index (χ1n) is 12.8. The van der Waals surface area contributed by atoms with Crippen LogP contribution < -0.4 is 14.6 Å². The summed E-state index contributed by atoms with van der Waals surface area (Å²) in [5.41, 5.74) is 1.91. The molecule has 4 rings (SSSR count). The summed E-state index contributed by atoms with van der Waals surface area (Å²) in [6.07, 6.45) is -1.18. The Labute approximate surface area is 221 Å². The van der Waals surface area contributed by atoms with Gasteiger partial charge in [0, 0.05) is 6.07 Å². The van der Waals surface area contributed by atoms with Gasteiger partial charge in [-0.2, -0.15) is 0 Å². The average Bonchev–Trinajstić information content (AvgIpc) is 3.26. The summed E-state index contributed by atoms with van der Waals surface area (Å²) in [7, 11) is 0. The number of hydrogen-bond acceptors (Lipinski definition) is 6. The van der Waals surface area contributed by atoms with E-state index in [-0.39, 0.29) is 38.1 Å². The smallest absolute Gasteiger partial charge is 0.407 e. The van der Waals surface area contributed by atoms with E-state index in [0.717, 1.165) is 16.9 Å². The highest BCUT2D eigenvalue weighted by Gasteiger charge is 2.38. The number of imide groups is 1. The summed E-state index contributed by atoms with van der Waals surface area (Å²) < 4.78 is 15.1. The zero-order valence-corrected chi connectivity index (χ0v) is 22.5. The highest BCUT2D eigenvalue weighted by Crippen LogP contribution is 2.27. The van der Waals surface area contributed by atoms with E-state index >= 15 is 0 Å². The van der Waals surface area contributed by atoms with Crippen molar-refractivity contribution in [2.45, 2.75) is 66.0 Å². The second kappa shape index (κ2) is 10.8. The van der Waals surface area contributed by atoms with Gasteiger partial charge >= 0.3 is 6.09 Å². The molecule has 10 heteroatoms. The quantitative estimate of drug-likeness (QED) is 0.253. The minimum absolute atomic E-state index is 0.0670. The number of benzene rings is 2. The van der Waals surface area contributed by atoms with Crippen LogP contribution in [0.3, 0.4) is 0 Å². The number of alkyl carbamates (subject to hydrolysis) is 1. The molecule has 2 heterocycles. The lowest BCUT2D eigenvalue weighted by Gasteiger charge is -2.19. The third kappa shape index (κ3) is 5.65. The summed E-state index contributed by atoms with van der Waals surface area (Å²) in [5.74, 6) is 0.650. The number of nitrogens with zero attached hydrogens (tertiary/aromatic N) is 3. The Hall–Kier alpha value is -3.92. The lowest BCUT2D eigenvalue weighted by molar-refractivity contribution is -0.677. The average molecular weight is 524 g/mol. The summed E-state index contributed by atoms with van der Waals surface area (Å²) in [6, 6.07) is 12.4. The van der Waals surface area contributed by atoms with Crippen molar-refractivity contribution in [3.05, 3.63) is 59.4 Å². The van der Waals surface area contributed by atoms with Crippen molar-refractivity contribution in [1.82, 2.24) is 14.8 Å². The van der Waals surface area contributed by atoms with Crippen LogP contribution in [0.4, 0.5) is 4.79 Å². The first-order chi connectivity index (χ1) is 18.0. The molecule has 1 aromatic heterocycles. The number of aliphatic hydroxyl groups excluding tert-OH is 1. The second-order valence-corrected chi connectivity index (χ2v) is 10.3. The third-order valence-electron chi connectivity index (χ3n) is 6.13. The molecular formula is C28H35N4O6+. The molecule has 3 aromatic rings. The van der Waals surface area contributed by atoms with Crippen LogP contribution in [0.2, 0.25) is 0 Å². The molecular weight excluding hydrogens is 488 g/mol. The van der Waals surface area contributed by atoms with E-state index in [9.17, 15) is 19.5 Å². The van der Waals surface area contributed by atoms with Crippen molar-refractivity contribution >= 4 is 28.9 Å². The largest absolute Gasteiger partial charge is 0.492 e. The number of hydrogen-bond donors (Lipinski definition) is 2. The molecule has 0 fully saturated rings. The Morgan fingerprint density at radius 2 is 1.76 bits per heavy atom. The van der Waals surface area contributed by atoms with Crippen molar-refractivity contribution in [2.75, 3.05) is 13.2 Å². The Morgan fingerprint density at radius 1 is 1.11 bits per heavy atom. The van der Waals surface area contributed by atoms with E-state index < -0.39 is 17.8 Å². The van der Waals surface area contributed by atoms with Crippen molar-refractivity contribution in [3.8, 4) is 5.75 Å². The van der Waals surface area contributed by atoms with Gasteiger partial charge in [0.1, 0.15) is 31.0 Å². The van der Waals surface area contributed by atoms with Crippen molar-refractivity contribution in [1.29, 1.82) is 0 Å². The molecule has 0 radical (unpaired) electrons. The lowest BCUT2D eigenvalue weighted by atomic mass is 10.1. The molecule has 2 aromatic carbocycles. The summed E-state index contributed by atoms with van der Waals surface area (Å²) in [6.45, 7) is 10.5. The molecule has 2 N–H and O–H groups in total. The maximum absolute atomic E-state index is 13.1. The normalized spacial score (nSPS) is 14.1. The number of aromatic nitrogens is 2. The second-order valence-electron chi connectivity index (χ2n) is 10.3. The summed E-state index contributed by atoms with van der Waals surface area (Å²) in [4.78, 5) is 39.2. The third-order valence-corrected chi connectivity index (χ3v) is 6.13. The molecule has 0 spiro atoms. The number of nitrogens with one attached hydrogen (secondary N) is 1. The van der Waals surface area contributed by atoms with Gasteiger partial charge in [0.2, 0.25) is 0 Å². The van der Waals surface area contributed by atoms with Gasteiger partial charge in [0.15, 0.2) is 11.0 Å². The molecule has 0 aliphatic carbocycles. The first kappa shape index (κ1) is 27.1. The highest BCUT2D eigenvalue weighted by molar-refractivity contribution is 6.21. The van der Waals surface area contributed by atoms with Crippen molar-refractivity contribution in [3.63, 3.8) is 0 Å². The number of aryl methyl sites for hydroxylation is 1. The Balaban J connectivity index is 1.59. The van der Waals surface area contributed by atoms with E-state index in [1.807, 2.05) is 34.3 Å². The van der Waals surface area contributed by atoms with Gasteiger partial charge in [-0.1, -0.05) is 12.1 Å². The van der Waals surface area contributed by atoms with Gasteiger partial charge in [-0.3, -0.25) is 14.5 Å². The van der Waals surface area contributed by atoms with E-state index in [1.54, 1.807) is 52.0 Å². The summed E-state index contributed by atoms with van der Waals surface area (Å²) in [5, 5.41) is 13.0. The Bertz CT molecular complexity index is 1340. The van der Waals surface area contributed by atoms with E-state index in [4.69, 9.17) is 9.47 Å². The molecule has 0 bridgehead atoms. The molecule has 38 heavy (non-hydrogen) atoms. The molecule has 1 atom stereocenters. The molecule has 10 nitrogen and oxygen atoms in total. The number of rotatable bonds is 9.